The second-order valence-corrected chi connectivity index (χ2v) is 7.20. The number of hydrogen-bond acceptors (Lipinski definition) is 6. The highest BCUT2D eigenvalue weighted by molar-refractivity contribution is 5.87. The number of ether oxygens (including phenoxy) is 1. The van der Waals surface area contributed by atoms with Crippen molar-refractivity contribution >= 4 is 16.9 Å². The number of nitrogens with two attached hydrogens (primary N) is 1. The van der Waals surface area contributed by atoms with E-state index in [0.29, 0.717) is 25.4 Å². The Balaban J connectivity index is 1.60. The molecule has 29 heavy (non-hydrogen) atoms. The van der Waals surface area contributed by atoms with Crippen molar-refractivity contribution in [1.82, 2.24) is 24.7 Å². The van der Waals surface area contributed by atoms with Crippen LogP contribution in [0.15, 0.2) is 42.6 Å². The van der Waals surface area contributed by atoms with Crippen LogP contribution in [0.1, 0.15) is 11.4 Å². The van der Waals surface area contributed by atoms with Gasteiger partial charge in [0, 0.05) is 30.9 Å². The molecule has 1 aliphatic rings. The van der Waals surface area contributed by atoms with Crippen LogP contribution in [0.3, 0.4) is 0 Å². The van der Waals surface area contributed by atoms with Crippen molar-refractivity contribution in [2.24, 2.45) is 5.73 Å². The Morgan fingerprint density at radius 3 is 2.79 bits per heavy atom. The molecule has 0 atom stereocenters. The van der Waals surface area contributed by atoms with Gasteiger partial charge >= 0.3 is 0 Å². The minimum absolute atomic E-state index is 0.341. The maximum atomic E-state index is 5.80. The molecule has 8 nitrogen and oxygen atoms in total. The summed E-state index contributed by atoms with van der Waals surface area (Å²) in [6.45, 7) is 5.48. The highest BCUT2D eigenvalue weighted by Gasteiger charge is 2.19. The first kappa shape index (κ1) is 17.8. The van der Waals surface area contributed by atoms with Gasteiger partial charge in [0.2, 0.25) is 0 Å². The number of pyridine rings is 1. The van der Waals surface area contributed by atoms with E-state index < -0.39 is 0 Å². The van der Waals surface area contributed by atoms with Crippen LogP contribution in [0.5, 0.6) is 0 Å². The fourth-order valence-electron chi connectivity index (χ4n) is 3.68. The van der Waals surface area contributed by atoms with E-state index >= 15 is 0 Å². The number of benzene rings is 1. The first-order valence-corrected chi connectivity index (χ1v) is 9.77. The second kappa shape index (κ2) is 7.31. The highest BCUT2D eigenvalue weighted by atomic mass is 16.5. The minimum atomic E-state index is 0.341. The van der Waals surface area contributed by atoms with Gasteiger partial charge in [-0.15, -0.1) is 0 Å². The van der Waals surface area contributed by atoms with Crippen LogP contribution < -0.4 is 10.6 Å². The zero-order valence-electron chi connectivity index (χ0n) is 16.3. The SMILES string of the molecule is Cc1cccc(-c2ccn(-c3cc(N4CCOCC4)c4[nH]c(CN)nc4n3)n2)c1. The van der Waals surface area contributed by atoms with E-state index in [0.717, 1.165) is 47.2 Å². The molecule has 0 saturated carbocycles. The van der Waals surface area contributed by atoms with E-state index in [4.69, 9.17) is 20.6 Å². The van der Waals surface area contributed by atoms with E-state index in [2.05, 4.69) is 46.1 Å². The summed E-state index contributed by atoms with van der Waals surface area (Å²) in [5.74, 6) is 1.45. The van der Waals surface area contributed by atoms with Crippen molar-refractivity contribution in [1.29, 1.82) is 0 Å². The van der Waals surface area contributed by atoms with Crippen LogP contribution in [0, 0.1) is 6.92 Å². The summed E-state index contributed by atoms with van der Waals surface area (Å²) in [4.78, 5) is 14.9. The summed E-state index contributed by atoms with van der Waals surface area (Å²) >= 11 is 0. The smallest absolute Gasteiger partial charge is 0.182 e. The Kier molecular flexibility index (Phi) is 4.49. The summed E-state index contributed by atoms with van der Waals surface area (Å²) in [7, 11) is 0. The fourth-order valence-corrected chi connectivity index (χ4v) is 3.68. The molecular weight excluding hydrogens is 366 g/mol. The number of H-pyrrole nitrogens is 1. The average Bonchev–Trinajstić information content (AvgIpc) is 3.41. The van der Waals surface area contributed by atoms with Crippen LogP contribution in [0.4, 0.5) is 5.69 Å². The number of nitrogens with zero attached hydrogens (tertiary/aromatic N) is 5. The molecule has 1 aromatic carbocycles. The summed E-state index contributed by atoms with van der Waals surface area (Å²) in [6.07, 6.45) is 1.94. The molecule has 3 N–H and O–H groups in total. The molecule has 0 amide bonds. The largest absolute Gasteiger partial charge is 0.378 e. The lowest BCUT2D eigenvalue weighted by Gasteiger charge is -2.29. The van der Waals surface area contributed by atoms with Gasteiger partial charge in [0.25, 0.3) is 0 Å². The zero-order valence-corrected chi connectivity index (χ0v) is 16.3. The molecule has 5 rings (SSSR count). The molecule has 0 unspecified atom stereocenters. The van der Waals surface area contributed by atoms with E-state index in [-0.39, 0.29) is 0 Å². The summed E-state index contributed by atoms with van der Waals surface area (Å²) in [5, 5.41) is 4.76. The third-order valence-electron chi connectivity index (χ3n) is 5.16. The van der Waals surface area contributed by atoms with Crippen LogP contribution in [0.2, 0.25) is 0 Å². The van der Waals surface area contributed by atoms with Gasteiger partial charge in [0.15, 0.2) is 11.5 Å². The van der Waals surface area contributed by atoms with Crippen LogP contribution in [-0.2, 0) is 11.3 Å². The molecular formula is C21H23N7O. The fraction of sp³-hybridized carbons (Fsp3) is 0.286. The van der Waals surface area contributed by atoms with Crippen molar-refractivity contribution in [3.63, 3.8) is 0 Å². The molecule has 8 heteroatoms. The number of anilines is 1. The summed E-state index contributed by atoms with van der Waals surface area (Å²) < 4.78 is 7.32. The lowest BCUT2D eigenvalue weighted by atomic mass is 10.1. The zero-order chi connectivity index (χ0) is 19.8. The average molecular weight is 389 g/mol. The molecule has 0 aliphatic carbocycles. The molecule has 148 valence electrons. The summed E-state index contributed by atoms with van der Waals surface area (Å²) in [6, 6.07) is 12.4. The van der Waals surface area contributed by atoms with Crippen molar-refractivity contribution in [3.8, 4) is 17.1 Å². The number of aryl methyl sites for hydroxylation is 1. The Morgan fingerprint density at radius 2 is 2.00 bits per heavy atom. The van der Waals surface area contributed by atoms with Gasteiger partial charge < -0.3 is 20.4 Å². The maximum absolute atomic E-state index is 5.80. The number of aromatic nitrogens is 5. The van der Waals surface area contributed by atoms with Crippen LogP contribution in [0.25, 0.3) is 28.2 Å². The number of rotatable bonds is 4. The molecule has 1 fully saturated rings. The summed E-state index contributed by atoms with van der Waals surface area (Å²) in [5.41, 5.74) is 11.6. The normalized spacial score (nSPS) is 14.6. The van der Waals surface area contributed by atoms with Crippen molar-refractivity contribution < 1.29 is 4.74 Å². The van der Waals surface area contributed by atoms with Crippen molar-refractivity contribution in [3.05, 3.63) is 54.0 Å². The van der Waals surface area contributed by atoms with Gasteiger partial charge in [-0.2, -0.15) is 5.10 Å². The second-order valence-electron chi connectivity index (χ2n) is 7.20. The number of fused-ring (bicyclic) bond motifs is 1. The lowest BCUT2D eigenvalue weighted by molar-refractivity contribution is 0.123. The van der Waals surface area contributed by atoms with Crippen LogP contribution >= 0.6 is 0 Å². The molecule has 1 aliphatic heterocycles. The molecule has 3 aromatic heterocycles. The number of morpholine rings is 1. The molecule has 0 radical (unpaired) electrons. The minimum Gasteiger partial charge on any atom is -0.378 e. The van der Waals surface area contributed by atoms with Gasteiger partial charge in [-0.3, -0.25) is 0 Å². The predicted molar refractivity (Wildman–Crippen MR) is 112 cm³/mol. The van der Waals surface area contributed by atoms with E-state index in [1.807, 2.05) is 18.3 Å². The Hall–Kier alpha value is -3.23. The van der Waals surface area contributed by atoms with Crippen LogP contribution in [-0.4, -0.2) is 51.0 Å². The third kappa shape index (κ3) is 3.37. The monoisotopic (exact) mass is 389 g/mol. The van der Waals surface area contributed by atoms with Gasteiger partial charge in [0.1, 0.15) is 11.3 Å². The maximum Gasteiger partial charge on any atom is 0.182 e. The Labute approximate surface area is 168 Å². The molecule has 0 spiro atoms. The third-order valence-corrected chi connectivity index (χ3v) is 5.16. The predicted octanol–water partition coefficient (Wildman–Crippen LogP) is 2.41. The first-order valence-electron chi connectivity index (χ1n) is 9.77. The van der Waals surface area contributed by atoms with Crippen molar-refractivity contribution in [2.75, 3.05) is 31.2 Å². The van der Waals surface area contributed by atoms with E-state index in [1.165, 1.54) is 5.56 Å². The number of nitrogens with one attached hydrogen (secondary N) is 1. The molecule has 1 saturated heterocycles. The Bertz CT molecular complexity index is 1160. The highest BCUT2D eigenvalue weighted by Crippen LogP contribution is 2.28. The topological polar surface area (TPSA) is 97.9 Å². The number of hydrogen-bond donors (Lipinski definition) is 2. The lowest BCUT2D eigenvalue weighted by Crippen LogP contribution is -2.36. The number of imidazole rings is 1. The van der Waals surface area contributed by atoms with E-state index in [1.54, 1.807) is 4.68 Å². The van der Waals surface area contributed by atoms with Crippen molar-refractivity contribution in [2.45, 2.75) is 13.5 Å². The first-order chi connectivity index (χ1) is 14.2. The Morgan fingerprint density at radius 1 is 1.14 bits per heavy atom. The quantitative estimate of drug-likeness (QED) is 0.556. The molecule has 4 aromatic rings. The van der Waals surface area contributed by atoms with Gasteiger partial charge in [-0.25, -0.2) is 14.6 Å². The standard InChI is InChI=1S/C21H23N7O/c1-14-3-2-4-15(11-14)16-5-6-28(26-16)19-12-17(27-7-9-29-10-8-27)20-21(25-19)24-18(13-22)23-20/h2-6,11-12H,7-10,13,22H2,1H3,(H,23,24,25). The van der Waals surface area contributed by atoms with Gasteiger partial charge in [-0.1, -0.05) is 23.8 Å². The molecule has 0 bridgehead atoms. The van der Waals surface area contributed by atoms with Gasteiger partial charge in [0.05, 0.1) is 31.1 Å². The number of aromatic amines is 1. The van der Waals surface area contributed by atoms with Gasteiger partial charge in [-0.05, 0) is 19.1 Å². The van der Waals surface area contributed by atoms with E-state index in [9.17, 15) is 0 Å². The molecule has 4 heterocycles.